The van der Waals surface area contributed by atoms with Crippen molar-refractivity contribution in [2.24, 2.45) is 0 Å². The van der Waals surface area contributed by atoms with Gasteiger partial charge in [0.1, 0.15) is 17.5 Å². The minimum absolute atomic E-state index is 0.0591. The summed E-state index contributed by atoms with van der Waals surface area (Å²) in [5.74, 6) is 1.02. The molecule has 1 aromatic carbocycles. The molecule has 0 bridgehead atoms. The molecule has 1 saturated heterocycles. The number of alkyl halides is 1. The molecule has 3 unspecified atom stereocenters. The molecule has 0 saturated carbocycles. The highest BCUT2D eigenvalue weighted by molar-refractivity contribution is 7.71. The molecule has 1 aromatic heterocycles. The SMILES string of the molecule is Cc1cn([C@H]2OC(C)(CO)C(O)C2F)c(=S)nc1Oc1c(C)cccc1C. The molecule has 0 spiro atoms. The summed E-state index contributed by atoms with van der Waals surface area (Å²) >= 11 is 5.30. The molecule has 27 heavy (non-hydrogen) atoms. The van der Waals surface area contributed by atoms with E-state index in [1.807, 2.05) is 32.0 Å². The summed E-state index contributed by atoms with van der Waals surface area (Å²) in [4.78, 5) is 4.29. The van der Waals surface area contributed by atoms with Gasteiger partial charge in [0.15, 0.2) is 12.4 Å². The van der Waals surface area contributed by atoms with Crippen LogP contribution in [-0.4, -0.2) is 44.2 Å². The van der Waals surface area contributed by atoms with E-state index in [4.69, 9.17) is 21.7 Å². The summed E-state index contributed by atoms with van der Waals surface area (Å²) in [5, 5.41) is 19.5. The predicted octanol–water partition coefficient (Wildman–Crippen LogP) is 3.31. The first-order chi connectivity index (χ1) is 12.7. The van der Waals surface area contributed by atoms with E-state index in [1.165, 1.54) is 11.5 Å². The Hall–Kier alpha value is -1.87. The van der Waals surface area contributed by atoms with Crippen LogP contribution in [0.2, 0.25) is 0 Å². The Balaban J connectivity index is 1.96. The van der Waals surface area contributed by atoms with Crippen LogP contribution in [0.25, 0.3) is 0 Å². The third kappa shape index (κ3) is 3.50. The van der Waals surface area contributed by atoms with Gasteiger partial charge in [-0.3, -0.25) is 4.57 Å². The third-order valence-corrected chi connectivity index (χ3v) is 5.18. The first-order valence-corrected chi connectivity index (χ1v) is 9.03. The molecular weight excluding hydrogens is 371 g/mol. The van der Waals surface area contributed by atoms with Crippen molar-refractivity contribution in [2.75, 3.05) is 6.61 Å². The molecule has 3 rings (SSSR count). The van der Waals surface area contributed by atoms with Crippen LogP contribution < -0.4 is 4.74 Å². The maximum Gasteiger partial charge on any atom is 0.226 e. The zero-order valence-corrected chi connectivity index (χ0v) is 16.5. The lowest BCUT2D eigenvalue weighted by Crippen LogP contribution is -2.42. The van der Waals surface area contributed by atoms with E-state index in [0.717, 1.165) is 11.1 Å². The van der Waals surface area contributed by atoms with Crippen molar-refractivity contribution in [1.29, 1.82) is 0 Å². The lowest BCUT2D eigenvalue weighted by molar-refractivity contribution is -0.117. The van der Waals surface area contributed by atoms with Crippen molar-refractivity contribution in [3.63, 3.8) is 0 Å². The van der Waals surface area contributed by atoms with Gasteiger partial charge in [0.2, 0.25) is 10.7 Å². The third-order valence-electron chi connectivity index (χ3n) is 4.87. The average Bonchev–Trinajstić information content (AvgIpc) is 2.85. The van der Waals surface area contributed by atoms with Crippen LogP contribution >= 0.6 is 12.2 Å². The number of hydrogen-bond acceptors (Lipinski definition) is 6. The second-order valence-electron chi connectivity index (χ2n) is 7.11. The average molecular weight is 394 g/mol. The highest BCUT2D eigenvalue weighted by Gasteiger charge is 2.53. The Labute approximate surface area is 162 Å². The minimum atomic E-state index is -1.75. The first kappa shape index (κ1) is 19.9. The number of nitrogens with zero attached hydrogens (tertiary/aromatic N) is 2. The summed E-state index contributed by atoms with van der Waals surface area (Å²) in [5.41, 5.74) is 1.15. The van der Waals surface area contributed by atoms with Crippen molar-refractivity contribution >= 4 is 12.2 Å². The fraction of sp³-hybridized carbons (Fsp3) is 0.474. The van der Waals surface area contributed by atoms with Gasteiger partial charge in [0.05, 0.1) is 6.61 Å². The number of halogens is 1. The number of aromatic nitrogens is 2. The van der Waals surface area contributed by atoms with E-state index in [2.05, 4.69) is 4.98 Å². The summed E-state index contributed by atoms with van der Waals surface area (Å²) in [6.07, 6.45) is -2.81. The van der Waals surface area contributed by atoms with Crippen molar-refractivity contribution in [3.05, 3.63) is 45.9 Å². The molecule has 1 aliphatic rings. The van der Waals surface area contributed by atoms with Crippen molar-refractivity contribution in [3.8, 4) is 11.6 Å². The zero-order valence-electron chi connectivity index (χ0n) is 15.6. The lowest BCUT2D eigenvalue weighted by atomic mass is 9.99. The van der Waals surface area contributed by atoms with Crippen LogP contribution in [0.3, 0.4) is 0 Å². The van der Waals surface area contributed by atoms with Crippen LogP contribution in [0.1, 0.15) is 29.8 Å². The standard InChI is InChI=1S/C19H23FN2O4S/c1-10-6-5-7-11(2)14(10)25-16-12(3)8-22(18(27)21-16)17-13(20)15(24)19(4,9-23)26-17/h5-8,13,15,17,23-24H,9H2,1-4H3/t13?,15?,17-,19?/m0/s1. The summed E-state index contributed by atoms with van der Waals surface area (Å²) in [7, 11) is 0. The molecule has 6 nitrogen and oxygen atoms in total. The number of para-hydroxylation sites is 1. The van der Waals surface area contributed by atoms with Gasteiger partial charge in [0, 0.05) is 11.8 Å². The summed E-state index contributed by atoms with van der Waals surface area (Å²) < 4.78 is 27.6. The maximum atomic E-state index is 14.6. The van der Waals surface area contributed by atoms with Crippen LogP contribution in [0, 0.1) is 25.5 Å². The van der Waals surface area contributed by atoms with Crippen LogP contribution in [0.5, 0.6) is 11.6 Å². The Morgan fingerprint density at radius 2 is 1.93 bits per heavy atom. The number of ether oxygens (including phenoxy) is 2. The number of hydrogen-bond donors (Lipinski definition) is 2. The molecule has 0 aliphatic carbocycles. The van der Waals surface area contributed by atoms with E-state index in [9.17, 15) is 14.6 Å². The zero-order chi connectivity index (χ0) is 19.9. The number of aryl methyl sites for hydroxylation is 3. The molecule has 1 aliphatic heterocycles. The second kappa shape index (κ2) is 7.27. The van der Waals surface area contributed by atoms with E-state index < -0.39 is 30.7 Å². The van der Waals surface area contributed by atoms with E-state index in [-0.39, 0.29) is 4.77 Å². The van der Waals surface area contributed by atoms with Gasteiger partial charge >= 0.3 is 0 Å². The Kier molecular flexibility index (Phi) is 5.36. The fourth-order valence-electron chi connectivity index (χ4n) is 3.14. The summed E-state index contributed by atoms with van der Waals surface area (Å²) in [6, 6.07) is 5.82. The van der Waals surface area contributed by atoms with Gasteiger partial charge in [-0.2, -0.15) is 4.98 Å². The fourth-order valence-corrected chi connectivity index (χ4v) is 3.38. The largest absolute Gasteiger partial charge is 0.438 e. The highest BCUT2D eigenvalue weighted by Crippen LogP contribution is 2.39. The Morgan fingerprint density at radius 3 is 2.48 bits per heavy atom. The van der Waals surface area contributed by atoms with E-state index >= 15 is 0 Å². The second-order valence-corrected chi connectivity index (χ2v) is 7.48. The van der Waals surface area contributed by atoms with Crippen molar-refractivity contribution < 1.29 is 24.1 Å². The quantitative estimate of drug-likeness (QED) is 0.775. The van der Waals surface area contributed by atoms with Crippen LogP contribution in [-0.2, 0) is 4.74 Å². The van der Waals surface area contributed by atoms with Crippen LogP contribution in [0.4, 0.5) is 4.39 Å². The Morgan fingerprint density at radius 1 is 1.30 bits per heavy atom. The lowest BCUT2D eigenvalue weighted by Gasteiger charge is -2.24. The van der Waals surface area contributed by atoms with Crippen molar-refractivity contribution in [2.45, 2.75) is 51.8 Å². The van der Waals surface area contributed by atoms with Gasteiger partial charge in [0.25, 0.3) is 0 Å². The molecule has 0 radical (unpaired) electrons. The molecular formula is C19H23FN2O4S. The molecule has 4 atom stereocenters. The van der Waals surface area contributed by atoms with E-state index in [0.29, 0.717) is 17.2 Å². The molecule has 1 fully saturated rings. The molecule has 0 amide bonds. The smallest absolute Gasteiger partial charge is 0.226 e. The van der Waals surface area contributed by atoms with Gasteiger partial charge in [-0.1, -0.05) is 18.2 Å². The predicted molar refractivity (Wildman–Crippen MR) is 100 cm³/mol. The summed E-state index contributed by atoms with van der Waals surface area (Å²) in [6.45, 7) is 6.58. The topological polar surface area (TPSA) is 76.7 Å². The number of aliphatic hydroxyl groups is 2. The Bertz CT molecular complexity index is 899. The molecule has 8 heteroatoms. The molecule has 2 aromatic rings. The number of aliphatic hydroxyl groups excluding tert-OH is 2. The highest BCUT2D eigenvalue weighted by atomic mass is 32.1. The van der Waals surface area contributed by atoms with Crippen molar-refractivity contribution in [1.82, 2.24) is 9.55 Å². The van der Waals surface area contributed by atoms with Gasteiger partial charge < -0.3 is 19.7 Å². The van der Waals surface area contributed by atoms with Gasteiger partial charge in [-0.15, -0.1) is 0 Å². The molecule has 2 heterocycles. The first-order valence-electron chi connectivity index (χ1n) is 8.62. The normalized spacial score (nSPS) is 27.7. The van der Waals surface area contributed by atoms with Crippen LogP contribution in [0.15, 0.2) is 24.4 Å². The molecule has 146 valence electrons. The van der Waals surface area contributed by atoms with Gasteiger partial charge in [-0.25, -0.2) is 4.39 Å². The van der Waals surface area contributed by atoms with E-state index in [1.54, 1.807) is 13.1 Å². The molecule has 2 N–H and O–H groups in total. The maximum absolute atomic E-state index is 14.6. The monoisotopic (exact) mass is 394 g/mol. The number of rotatable bonds is 4. The number of benzene rings is 1. The minimum Gasteiger partial charge on any atom is -0.438 e. The van der Waals surface area contributed by atoms with Gasteiger partial charge in [-0.05, 0) is 51.0 Å².